The van der Waals surface area contributed by atoms with Crippen LogP contribution in [-0.4, -0.2) is 30.5 Å². The van der Waals surface area contributed by atoms with Crippen molar-refractivity contribution in [3.05, 3.63) is 59.3 Å². The van der Waals surface area contributed by atoms with E-state index >= 15 is 0 Å². The number of nitrogens with zero attached hydrogens (tertiary/aromatic N) is 5. The molecule has 0 aliphatic carbocycles. The first-order chi connectivity index (χ1) is 12.5. The summed E-state index contributed by atoms with van der Waals surface area (Å²) >= 11 is 1.43. The Morgan fingerprint density at radius 1 is 1.08 bits per heavy atom. The first-order valence-electron chi connectivity index (χ1n) is 8.06. The summed E-state index contributed by atoms with van der Waals surface area (Å²) in [6.45, 7) is 5.70. The zero-order valence-corrected chi connectivity index (χ0v) is 15.3. The highest BCUT2D eigenvalue weighted by molar-refractivity contribution is 7.19. The summed E-state index contributed by atoms with van der Waals surface area (Å²) in [7, 11) is 0. The van der Waals surface area contributed by atoms with Crippen LogP contribution >= 0.6 is 11.3 Å². The number of fused-ring (bicyclic) bond motifs is 1. The number of carbonyl (C=O) groups is 1. The smallest absolute Gasteiger partial charge is 0.295 e. The van der Waals surface area contributed by atoms with E-state index in [0.29, 0.717) is 10.9 Å². The molecular weight excluding hydrogens is 348 g/mol. The molecular formula is C18H16N6OS. The Labute approximate surface area is 153 Å². The summed E-state index contributed by atoms with van der Waals surface area (Å²) in [6.07, 6.45) is 0. The van der Waals surface area contributed by atoms with Crippen molar-refractivity contribution in [2.45, 2.75) is 20.8 Å². The maximum atomic E-state index is 12.5. The van der Waals surface area contributed by atoms with Crippen molar-refractivity contribution >= 4 is 28.2 Å². The van der Waals surface area contributed by atoms with Crippen LogP contribution < -0.4 is 5.32 Å². The van der Waals surface area contributed by atoms with Crippen molar-refractivity contribution in [3.8, 4) is 10.4 Å². The van der Waals surface area contributed by atoms with E-state index in [1.165, 1.54) is 11.3 Å². The zero-order valence-electron chi connectivity index (χ0n) is 14.5. The number of aryl methyl sites for hydroxylation is 3. The Morgan fingerprint density at radius 2 is 1.85 bits per heavy atom. The van der Waals surface area contributed by atoms with Crippen molar-refractivity contribution in [1.82, 2.24) is 24.6 Å². The molecule has 1 N–H and O–H groups in total. The molecule has 0 atom stereocenters. The molecule has 8 heteroatoms. The second-order valence-electron chi connectivity index (χ2n) is 5.94. The minimum absolute atomic E-state index is 0.0697. The lowest BCUT2D eigenvalue weighted by Gasteiger charge is -1.97. The van der Waals surface area contributed by atoms with Gasteiger partial charge in [-0.05, 0) is 32.4 Å². The number of hydrogen-bond acceptors (Lipinski definition) is 6. The summed E-state index contributed by atoms with van der Waals surface area (Å²) in [4.78, 5) is 26.5. The molecule has 130 valence electrons. The summed E-state index contributed by atoms with van der Waals surface area (Å²) in [6, 6.07) is 11.9. The SMILES string of the molecule is Cc1cc(C)n2nc(C(=O)Nc3nc(C)c(-c4ccccc4)s3)nc2n1. The van der Waals surface area contributed by atoms with E-state index in [0.717, 1.165) is 27.5 Å². The number of nitrogens with one attached hydrogen (secondary N) is 1. The summed E-state index contributed by atoms with van der Waals surface area (Å²) in [5.74, 6) is 0.0779. The predicted octanol–water partition coefficient (Wildman–Crippen LogP) is 3.43. The van der Waals surface area contributed by atoms with Gasteiger partial charge >= 0.3 is 0 Å². The number of amides is 1. The number of carbonyl (C=O) groups excluding carboxylic acids is 1. The fourth-order valence-electron chi connectivity index (χ4n) is 2.72. The number of rotatable bonds is 3. The van der Waals surface area contributed by atoms with Gasteiger partial charge in [0.05, 0.1) is 10.6 Å². The molecule has 1 aromatic carbocycles. The van der Waals surface area contributed by atoms with Crippen molar-refractivity contribution in [2.75, 3.05) is 5.32 Å². The van der Waals surface area contributed by atoms with Gasteiger partial charge in [-0.2, -0.15) is 4.98 Å². The van der Waals surface area contributed by atoms with E-state index in [2.05, 4.69) is 25.4 Å². The van der Waals surface area contributed by atoms with Crippen LogP contribution in [0.5, 0.6) is 0 Å². The van der Waals surface area contributed by atoms with Gasteiger partial charge < -0.3 is 0 Å². The van der Waals surface area contributed by atoms with Gasteiger partial charge in [-0.25, -0.2) is 14.5 Å². The lowest BCUT2D eigenvalue weighted by molar-refractivity contribution is 0.101. The molecule has 0 fully saturated rings. The molecule has 0 saturated carbocycles. The molecule has 0 bridgehead atoms. The minimum atomic E-state index is -0.402. The molecule has 0 aliphatic heterocycles. The summed E-state index contributed by atoms with van der Waals surface area (Å²) < 4.78 is 1.56. The largest absolute Gasteiger partial charge is 0.297 e. The van der Waals surface area contributed by atoms with E-state index in [1.54, 1.807) is 4.52 Å². The highest BCUT2D eigenvalue weighted by Crippen LogP contribution is 2.32. The fourth-order valence-corrected chi connectivity index (χ4v) is 3.69. The Hall–Kier alpha value is -3.13. The molecule has 4 aromatic rings. The van der Waals surface area contributed by atoms with Gasteiger partial charge in [-0.15, -0.1) is 5.10 Å². The fraction of sp³-hybridized carbons (Fsp3) is 0.167. The van der Waals surface area contributed by atoms with Crippen LogP contribution in [0.2, 0.25) is 0 Å². The maximum absolute atomic E-state index is 12.5. The monoisotopic (exact) mass is 364 g/mol. The normalized spacial score (nSPS) is 11.0. The molecule has 3 aromatic heterocycles. The molecule has 4 rings (SSSR count). The van der Waals surface area contributed by atoms with E-state index in [9.17, 15) is 4.79 Å². The Bertz CT molecular complexity index is 1120. The second-order valence-corrected chi connectivity index (χ2v) is 6.94. The molecule has 7 nitrogen and oxygen atoms in total. The number of benzene rings is 1. The Kier molecular flexibility index (Phi) is 3.96. The Morgan fingerprint density at radius 3 is 2.62 bits per heavy atom. The van der Waals surface area contributed by atoms with Gasteiger partial charge in [-0.3, -0.25) is 10.1 Å². The first kappa shape index (κ1) is 16.3. The maximum Gasteiger partial charge on any atom is 0.297 e. The minimum Gasteiger partial charge on any atom is -0.295 e. The van der Waals surface area contributed by atoms with Gasteiger partial charge in [-0.1, -0.05) is 41.7 Å². The number of hydrogen-bond donors (Lipinski definition) is 1. The van der Waals surface area contributed by atoms with E-state index in [1.807, 2.05) is 57.2 Å². The number of aromatic nitrogens is 5. The molecule has 0 radical (unpaired) electrons. The van der Waals surface area contributed by atoms with Gasteiger partial charge in [0.25, 0.3) is 11.7 Å². The molecule has 1 amide bonds. The molecule has 0 unspecified atom stereocenters. The van der Waals surface area contributed by atoms with E-state index < -0.39 is 5.91 Å². The predicted molar refractivity (Wildman–Crippen MR) is 100 cm³/mol. The van der Waals surface area contributed by atoms with Crippen LogP contribution in [0.4, 0.5) is 5.13 Å². The summed E-state index contributed by atoms with van der Waals surface area (Å²) in [5, 5.41) is 7.55. The molecule has 26 heavy (non-hydrogen) atoms. The number of anilines is 1. The van der Waals surface area contributed by atoms with Crippen LogP contribution in [0.3, 0.4) is 0 Å². The molecule has 0 aliphatic rings. The third kappa shape index (κ3) is 2.95. The van der Waals surface area contributed by atoms with Crippen molar-refractivity contribution in [3.63, 3.8) is 0 Å². The first-order valence-corrected chi connectivity index (χ1v) is 8.88. The highest BCUT2D eigenvalue weighted by atomic mass is 32.1. The quantitative estimate of drug-likeness (QED) is 0.602. The molecule has 3 heterocycles. The van der Waals surface area contributed by atoms with Crippen LogP contribution in [0, 0.1) is 20.8 Å². The average Bonchev–Trinajstić information content (AvgIpc) is 3.19. The van der Waals surface area contributed by atoms with Crippen molar-refractivity contribution in [1.29, 1.82) is 0 Å². The van der Waals surface area contributed by atoms with Gasteiger partial charge in [0, 0.05) is 11.4 Å². The topological polar surface area (TPSA) is 85.1 Å². The summed E-state index contributed by atoms with van der Waals surface area (Å²) in [5.41, 5.74) is 3.64. The van der Waals surface area contributed by atoms with Crippen molar-refractivity contribution < 1.29 is 4.79 Å². The number of thiazole rings is 1. The van der Waals surface area contributed by atoms with Crippen molar-refractivity contribution in [2.24, 2.45) is 0 Å². The van der Waals surface area contributed by atoms with E-state index in [-0.39, 0.29) is 5.82 Å². The average molecular weight is 364 g/mol. The van der Waals surface area contributed by atoms with Crippen LogP contribution in [-0.2, 0) is 0 Å². The van der Waals surface area contributed by atoms with Gasteiger partial charge in [0.2, 0.25) is 5.82 Å². The van der Waals surface area contributed by atoms with Crippen LogP contribution in [0.15, 0.2) is 36.4 Å². The van der Waals surface area contributed by atoms with E-state index in [4.69, 9.17) is 0 Å². The third-order valence-corrected chi connectivity index (χ3v) is 5.00. The van der Waals surface area contributed by atoms with Crippen LogP contribution in [0.1, 0.15) is 27.7 Å². The third-order valence-electron chi connectivity index (χ3n) is 3.87. The lowest BCUT2D eigenvalue weighted by Crippen LogP contribution is -2.13. The highest BCUT2D eigenvalue weighted by Gasteiger charge is 2.18. The molecule has 0 spiro atoms. The van der Waals surface area contributed by atoms with Crippen LogP contribution in [0.25, 0.3) is 16.2 Å². The standard InChI is InChI=1S/C18H16N6OS/c1-10-9-11(2)24-17(19-10)21-15(23-24)16(25)22-18-20-12(3)14(26-18)13-7-5-4-6-8-13/h4-9H,1-3H3,(H,20,22,25). The van der Waals surface area contributed by atoms with Gasteiger partial charge in [0.1, 0.15) is 0 Å². The molecule has 0 saturated heterocycles. The zero-order chi connectivity index (χ0) is 18.3. The lowest BCUT2D eigenvalue weighted by atomic mass is 10.2. The van der Waals surface area contributed by atoms with Gasteiger partial charge in [0.15, 0.2) is 5.13 Å². The second kappa shape index (κ2) is 6.30. The Balaban J connectivity index is 1.62.